The van der Waals surface area contributed by atoms with Crippen LogP contribution in [-0.2, 0) is 4.43 Å². The van der Waals surface area contributed by atoms with E-state index in [9.17, 15) is 0 Å². The molecule has 1 rings (SSSR count). The van der Waals surface area contributed by atoms with Gasteiger partial charge < -0.3 is 4.43 Å². The molecular weight excluding hydrogens is 106 g/mol. The van der Waals surface area contributed by atoms with E-state index in [0.717, 1.165) is 12.4 Å². The van der Waals surface area contributed by atoms with Crippen molar-refractivity contribution in [1.82, 2.24) is 0 Å². The van der Waals surface area contributed by atoms with Crippen LogP contribution in [0, 0.1) is 5.92 Å². The molecule has 0 N–H and O–H groups in total. The van der Waals surface area contributed by atoms with Crippen molar-refractivity contribution in [2.45, 2.75) is 6.92 Å². The zero-order chi connectivity index (χ0) is 5.28. The van der Waals surface area contributed by atoms with Gasteiger partial charge in [-0.05, 0) is 0 Å². The van der Waals surface area contributed by atoms with Crippen LogP contribution in [0.5, 0.6) is 0 Å². The molecule has 0 bridgehead atoms. The van der Waals surface area contributed by atoms with Gasteiger partial charge in [-0.25, -0.2) is 0 Å². The molecule has 0 aromatic rings. The van der Waals surface area contributed by atoms with E-state index in [0.29, 0.717) is 5.92 Å². The molecule has 0 amide bonds. The molecule has 1 atom stereocenters. The first kappa shape index (κ1) is 4.84. The normalized spacial score (nSPS) is 28.3. The number of rotatable bonds is 0. The lowest BCUT2D eigenvalue weighted by Crippen LogP contribution is -2.26. The first-order valence-electron chi connectivity index (χ1n) is 2.22. The highest BCUT2D eigenvalue weighted by Crippen LogP contribution is 2.09. The van der Waals surface area contributed by atoms with Gasteiger partial charge in [0, 0.05) is 0 Å². The van der Waals surface area contributed by atoms with Crippen LogP contribution < -0.4 is 0 Å². The fraction of sp³-hybridized carbons (Fsp3) is 0.750. The number of nitrogens with zero attached hydrogens (tertiary/aromatic N) is 1. The van der Waals surface area contributed by atoms with E-state index in [1.54, 1.807) is 0 Å². The van der Waals surface area contributed by atoms with Gasteiger partial charge in [0.25, 0.3) is 0 Å². The first-order chi connectivity index (χ1) is 3.34. The van der Waals surface area contributed by atoms with Crippen molar-refractivity contribution < 1.29 is 4.43 Å². The highest BCUT2D eigenvalue weighted by atomic mass is 28.2. The Labute approximate surface area is 46.1 Å². The second-order valence-corrected chi connectivity index (χ2v) is 1.89. The van der Waals surface area contributed by atoms with Crippen molar-refractivity contribution in [3.05, 3.63) is 0 Å². The molecule has 3 heteroatoms. The minimum Gasteiger partial charge on any atom is -0.531 e. The SMILES string of the molecule is C[C@H]1CN=C1O[Si]. The van der Waals surface area contributed by atoms with Crippen molar-refractivity contribution in [1.29, 1.82) is 0 Å². The molecule has 1 aliphatic heterocycles. The van der Waals surface area contributed by atoms with E-state index in [1.165, 1.54) is 0 Å². The predicted octanol–water partition coefficient (Wildman–Crippen LogP) is 0.135. The maximum atomic E-state index is 4.65. The summed E-state index contributed by atoms with van der Waals surface area (Å²) >= 11 is 0. The van der Waals surface area contributed by atoms with Crippen molar-refractivity contribution in [2.75, 3.05) is 6.54 Å². The van der Waals surface area contributed by atoms with Crippen molar-refractivity contribution in [3.8, 4) is 0 Å². The average molecular weight is 112 g/mol. The Morgan fingerprint density at radius 1 is 2.00 bits per heavy atom. The third-order valence-corrected chi connectivity index (χ3v) is 1.26. The fourth-order valence-corrected chi connectivity index (χ4v) is 0.747. The Hall–Kier alpha value is -0.313. The molecule has 0 unspecified atom stereocenters. The van der Waals surface area contributed by atoms with E-state index in [4.69, 9.17) is 0 Å². The van der Waals surface area contributed by atoms with E-state index < -0.39 is 0 Å². The molecule has 0 fully saturated rings. The second kappa shape index (κ2) is 1.66. The lowest BCUT2D eigenvalue weighted by Gasteiger charge is -2.19. The molecule has 37 valence electrons. The Morgan fingerprint density at radius 2 is 2.71 bits per heavy atom. The summed E-state index contributed by atoms with van der Waals surface area (Å²) < 4.78 is 4.65. The fourth-order valence-electron chi connectivity index (χ4n) is 0.481. The molecule has 1 heterocycles. The van der Waals surface area contributed by atoms with Gasteiger partial charge >= 0.3 is 10.5 Å². The standard InChI is InChI=1S/C4H6NOSi/c1-3-2-5-4(3)6-7/h3H,2H2,1H3/t3-/m0/s1. The van der Waals surface area contributed by atoms with E-state index >= 15 is 0 Å². The van der Waals surface area contributed by atoms with Gasteiger partial charge in [0.1, 0.15) is 0 Å². The van der Waals surface area contributed by atoms with Crippen LogP contribution in [-0.4, -0.2) is 22.9 Å². The quantitative estimate of drug-likeness (QED) is 0.408. The third kappa shape index (κ3) is 0.677. The average Bonchev–Trinajstić information content (AvgIpc) is 1.65. The summed E-state index contributed by atoms with van der Waals surface area (Å²) in [4.78, 5) is 3.91. The summed E-state index contributed by atoms with van der Waals surface area (Å²) in [5, 5.41) is 0. The van der Waals surface area contributed by atoms with Crippen molar-refractivity contribution in [2.24, 2.45) is 10.9 Å². The summed E-state index contributed by atoms with van der Waals surface area (Å²) in [5.74, 6) is 1.34. The second-order valence-electron chi connectivity index (χ2n) is 1.68. The van der Waals surface area contributed by atoms with Crippen molar-refractivity contribution >= 4 is 16.4 Å². The molecule has 0 aromatic heterocycles. The smallest absolute Gasteiger partial charge is 0.342 e. The van der Waals surface area contributed by atoms with Gasteiger partial charge in [-0.3, -0.25) is 4.99 Å². The Bertz CT molecular complexity index is 102. The summed E-state index contributed by atoms with van der Waals surface area (Å²) in [6, 6.07) is 0. The third-order valence-electron chi connectivity index (χ3n) is 1.05. The van der Waals surface area contributed by atoms with Crippen LogP contribution in [0.3, 0.4) is 0 Å². The van der Waals surface area contributed by atoms with Gasteiger partial charge in [-0.2, -0.15) is 0 Å². The van der Waals surface area contributed by atoms with E-state index in [1.807, 2.05) is 0 Å². The van der Waals surface area contributed by atoms with Crippen LogP contribution in [0.15, 0.2) is 4.99 Å². The Morgan fingerprint density at radius 3 is 2.71 bits per heavy atom. The molecule has 7 heavy (non-hydrogen) atoms. The maximum Gasteiger partial charge on any atom is 0.342 e. The molecule has 2 nitrogen and oxygen atoms in total. The number of aliphatic imine (C=N–C) groups is 1. The Kier molecular flexibility index (Phi) is 1.14. The molecule has 3 radical (unpaired) electrons. The van der Waals surface area contributed by atoms with Gasteiger partial charge in [0.05, 0.1) is 12.5 Å². The lowest BCUT2D eigenvalue weighted by molar-refractivity contribution is 0.494. The molecule has 0 aliphatic carbocycles. The monoisotopic (exact) mass is 112 g/mol. The van der Waals surface area contributed by atoms with Crippen LogP contribution in [0.4, 0.5) is 0 Å². The maximum absolute atomic E-state index is 4.65. The van der Waals surface area contributed by atoms with E-state index in [2.05, 4.69) is 26.8 Å². The highest BCUT2D eigenvalue weighted by Gasteiger charge is 2.17. The molecule has 1 aliphatic rings. The molecule has 0 aromatic carbocycles. The summed E-state index contributed by atoms with van der Waals surface area (Å²) in [7, 11) is 2.88. The first-order valence-corrected chi connectivity index (χ1v) is 2.63. The van der Waals surface area contributed by atoms with Crippen molar-refractivity contribution in [3.63, 3.8) is 0 Å². The Balaban J connectivity index is 2.41. The van der Waals surface area contributed by atoms with Crippen LogP contribution in [0.1, 0.15) is 6.92 Å². The number of hydrogen-bond donors (Lipinski definition) is 0. The van der Waals surface area contributed by atoms with Crippen LogP contribution in [0.2, 0.25) is 0 Å². The van der Waals surface area contributed by atoms with Gasteiger partial charge in [0.15, 0.2) is 5.90 Å². The van der Waals surface area contributed by atoms with Crippen LogP contribution in [0.25, 0.3) is 0 Å². The van der Waals surface area contributed by atoms with Gasteiger partial charge in [-0.15, -0.1) is 0 Å². The molecule has 0 saturated carbocycles. The minimum atomic E-state index is 0.525. The number of hydrogen-bond acceptors (Lipinski definition) is 2. The summed E-state index contributed by atoms with van der Waals surface area (Å²) in [6.07, 6.45) is 0. The largest absolute Gasteiger partial charge is 0.531 e. The topological polar surface area (TPSA) is 21.6 Å². The predicted molar refractivity (Wildman–Crippen MR) is 28.3 cm³/mol. The zero-order valence-corrected chi connectivity index (χ0v) is 5.14. The zero-order valence-electron chi connectivity index (χ0n) is 4.14. The van der Waals surface area contributed by atoms with E-state index in [-0.39, 0.29) is 0 Å². The lowest BCUT2D eigenvalue weighted by atomic mass is 10.1. The molecular formula is C4H6NOSi. The van der Waals surface area contributed by atoms with Gasteiger partial charge in [0.2, 0.25) is 0 Å². The summed E-state index contributed by atoms with van der Waals surface area (Å²) in [6.45, 7) is 2.99. The van der Waals surface area contributed by atoms with Crippen LogP contribution >= 0.6 is 0 Å². The van der Waals surface area contributed by atoms with Gasteiger partial charge in [-0.1, -0.05) is 6.92 Å². The minimum absolute atomic E-state index is 0.525. The molecule has 0 spiro atoms. The summed E-state index contributed by atoms with van der Waals surface area (Å²) in [5.41, 5.74) is 0. The highest BCUT2D eigenvalue weighted by molar-refractivity contribution is 6.07. The molecule has 0 saturated heterocycles.